The van der Waals surface area contributed by atoms with Crippen molar-refractivity contribution in [2.75, 3.05) is 10.6 Å². The van der Waals surface area contributed by atoms with Gasteiger partial charge in [-0.15, -0.1) is 0 Å². The number of nitrogens with zero attached hydrogens (tertiary/aromatic N) is 1. The molecule has 0 aliphatic rings. The average molecular weight is 305 g/mol. The zero-order valence-electron chi connectivity index (χ0n) is 12.6. The summed E-state index contributed by atoms with van der Waals surface area (Å²) in [5.41, 5.74) is 1.48. The Bertz CT molecular complexity index is 657. The highest BCUT2D eigenvalue weighted by Crippen LogP contribution is 2.28. The second-order valence-electron chi connectivity index (χ2n) is 5.49. The van der Waals surface area contributed by atoms with Crippen LogP contribution in [0.2, 0.25) is 0 Å². The number of hydrogen-bond acceptors (Lipinski definition) is 4. The number of thiazole rings is 1. The van der Waals surface area contributed by atoms with Gasteiger partial charge in [-0.2, -0.15) is 0 Å². The monoisotopic (exact) mass is 305 g/mol. The van der Waals surface area contributed by atoms with Gasteiger partial charge in [-0.25, -0.2) is 4.98 Å². The van der Waals surface area contributed by atoms with Crippen molar-refractivity contribution in [3.8, 4) is 0 Å². The molecule has 0 bridgehead atoms. The molecule has 1 aromatic heterocycles. The highest BCUT2D eigenvalue weighted by molar-refractivity contribution is 7.22. The molecule has 5 nitrogen and oxygen atoms in total. The maximum Gasteiger partial charge on any atom is 0.228 e. The standard InChI is InChI=1S/C15H19N3O2S/c1-8(2)13(19)16-10-5-6-12-11(7-10)17-15(21-12)18-14(20)9(3)4/h5-9H,1-4H3,(H,16,19)(H,17,18,20). The third kappa shape index (κ3) is 3.78. The molecule has 0 saturated heterocycles. The average Bonchev–Trinajstić information content (AvgIpc) is 2.79. The van der Waals surface area contributed by atoms with E-state index in [1.165, 1.54) is 11.3 Å². The highest BCUT2D eigenvalue weighted by Gasteiger charge is 2.12. The van der Waals surface area contributed by atoms with Crippen molar-refractivity contribution < 1.29 is 9.59 Å². The number of anilines is 2. The zero-order chi connectivity index (χ0) is 15.6. The van der Waals surface area contributed by atoms with Crippen LogP contribution in [0.3, 0.4) is 0 Å². The van der Waals surface area contributed by atoms with Gasteiger partial charge in [0.1, 0.15) is 0 Å². The molecule has 0 atom stereocenters. The lowest BCUT2D eigenvalue weighted by atomic mass is 10.2. The second kappa shape index (κ2) is 6.22. The molecule has 1 aromatic carbocycles. The molecule has 2 rings (SSSR count). The Morgan fingerprint density at radius 1 is 1.05 bits per heavy atom. The Labute approximate surface area is 127 Å². The Kier molecular flexibility index (Phi) is 4.57. The molecule has 0 fully saturated rings. The van der Waals surface area contributed by atoms with Gasteiger partial charge in [0.25, 0.3) is 0 Å². The van der Waals surface area contributed by atoms with E-state index >= 15 is 0 Å². The SMILES string of the molecule is CC(C)C(=O)Nc1ccc2sc(NC(=O)C(C)C)nc2c1. The number of nitrogens with one attached hydrogen (secondary N) is 2. The van der Waals surface area contributed by atoms with E-state index in [9.17, 15) is 9.59 Å². The van der Waals surface area contributed by atoms with Crippen LogP contribution in [0.15, 0.2) is 18.2 Å². The predicted molar refractivity (Wildman–Crippen MR) is 86.6 cm³/mol. The van der Waals surface area contributed by atoms with E-state index < -0.39 is 0 Å². The molecule has 1 heterocycles. The first-order valence-corrected chi connectivity index (χ1v) is 7.70. The molecule has 0 spiro atoms. The third-order valence-corrected chi connectivity index (χ3v) is 3.89. The summed E-state index contributed by atoms with van der Waals surface area (Å²) < 4.78 is 0.969. The molecule has 2 aromatic rings. The Morgan fingerprint density at radius 2 is 1.67 bits per heavy atom. The van der Waals surface area contributed by atoms with E-state index in [0.717, 1.165) is 10.2 Å². The molecule has 112 valence electrons. The predicted octanol–water partition coefficient (Wildman–Crippen LogP) is 3.49. The first-order valence-electron chi connectivity index (χ1n) is 6.89. The van der Waals surface area contributed by atoms with Crippen LogP contribution in [0.1, 0.15) is 27.7 Å². The fourth-order valence-electron chi connectivity index (χ4n) is 1.59. The molecule has 2 amide bonds. The van der Waals surface area contributed by atoms with Crippen molar-refractivity contribution in [2.45, 2.75) is 27.7 Å². The van der Waals surface area contributed by atoms with Crippen LogP contribution in [0.5, 0.6) is 0 Å². The lowest BCUT2D eigenvalue weighted by molar-refractivity contribution is -0.119. The summed E-state index contributed by atoms with van der Waals surface area (Å²) in [5, 5.41) is 6.21. The third-order valence-electron chi connectivity index (χ3n) is 2.93. The summed E-state index contributed by atoms with van der Waals surface area (Å²) in [6.45, 7) is 7.36. The lowest BCUT2D eigenvalue weighted by Gasteiger charge is -2.06. The smallest absolute Gasteiger partial charge is 0.228 e. The molecular formula is C15H19N3O2S. The molecule has 21 heavy (non-hydrogen) atoms. The summed E-state index contributed by atoms with van der Waals surface area (Å²) in [5.74, 6) is -0.241. The Morgan fingerprint density at radius 3 is 2.29 bits per heavy atom. The van der Waals surface area contributed by atoms with E-state index in [4.69, 9.17) is 0 Å². The minimum absolute atomic E-state index is 0.0297. The summed E-state index contributed by atoms with van der Waals surface area (Å²) in [6.07, 6.45) is 0. The first kappa shape index (κ1) is 15.4. The van der Waals surface area contributed by atoms with Gasteiger partial charge in [-0.3, -0.25) is 9.59 Å². The van der Waals surface area contributed by atoms with Gasteiger partial charge in [-0.05, 0) is 18.2 Å². The molecule has 0 aliphatic carbocycles. The number of rotatable bonds is 4. The van der Waals surface area contributed by atoms with E-state index in [1.54, 1.807) is 0 Å². The topological polar surface area (TPSA) is 71.1 Å². The van der Waals surface area contributed by atoms with E-state index in [1.807, 2.05) is 45.9 Å². The number of benzene rings is 1. The number of aromatic nitrogens is 1. The van der Waals surface area contributed by atoms with Crippen molar-refractivity contribution in [3.05, 3.63) is 18.2 Å². The van der Waals surface area contributed by atoms with Gasteiger partial charge in [0, 0.05) is 17.5 Å². The maximum absolute atomic E-state index is 11.7. The number of amides is 2. The van der Waals surface area contributed by atoms with Crippen LogP contribution in [0.4, 0.5) is 10.8 Å². The van der Waals surface area contributed by atoms with Gasteiger partial charge in [0.15, 0.2) is 5.13 Å². The van der Waals surface area contributed by atoms with Crippen molar-refractivity contribution >= 4 is 44.2 Å². The van der Waals surface area contributed by atoms with Crippen molar-refractivity contribution in [1.82, 2.24) is 4.98 Å². The molecule has 0 aliphatic heterocycles. The molecule has 0 saturated carbocycles. The van der Waals surface area contributed by atoms with Crippen LogP contribution < -0.4 is 10.6 Å². The summed E-state index contributed by atoms with van der Waals surface area (Å²) in [4.78, 5) is 27.7. The summed E-state index contributed by atoms with van der Waals surface area (Å²) in [7, 11) is 0. The molecule has 0 unspecified atom stereocenters. The van der Waals surface area contributed by atoms with Gasteiger partial charge >= 0.3 is 0 Å². The van der Waals surface area contributed by atoms with Crippen LogP contribution in [-0.4, -0.2) is 16.8 Å². The quantitative estimate of drug-likeness (QED) is 0.908. The van der Waals surface area contributed by atoms with Gasteiger partial charge < -0.3 is 10.6 Å². The number of hydrogen-bond donors (Lipinski definition) is 2. The molecule has 2 N–H and O–H groups in total. The fraction of sp³-hybridized carbons (Fsp3) is 0.400. The summed E-state index contributed by atoms with van der Waals surface area (Å²) in [6, 6.07) is 5.56. The normalized spacial score (nSPS) is 11.1. The first-order chi connectivity index (χ1) is 9.86. The van der Waals surface area contributed by atoms with Gasteiger partial charge in [0.05, 0.1) is 10.2 Å². The largest absolute Gasteiger partial charge is 0.326 e. The number of fused-ring (bicyclic) bond motifs is 1. The van der Waals surface area contributed by atoms with Crippen molar-refractivity contribution in [2.24, 2.45) is 11.8 Å². The zero-order valence-corrected chi connectivity index (χ0v) is 13.4. The van der Waals surface area contributed by atoms with Crippen molar-refractivity contribution in [3.63, 3.8) is 0 Å². The molecular weight excluding hydrogens is 286 g/mol. The van der Waals surface area contributed by atoms with Crippen LogP contribution >= 0.6 is 11.3 Å². The summed E-state index contributed by atoms with van der Waals surface area (Å²) >= 11 is 1.42. The van der Waals surface area contributed by atoms with E-state index in [2.05, 4.69) is 15.6 Å². The van der Waals surface area contributed by atoms with E-state index in [-0.39, 0.29) is 23.7 Å². The highest BCUT2D eigenvalue weighted by atomic mass is 32.1. The van der Waals surface area contributed by atoms with Gasteiger partial charge in [0.2, 0.25) is 11.8 Å². The maximum atomic E-state index is 11.7. The van der Waals surface area contributed by atoms with Crippen LogP contribution in [-0.2, 0) is 9.59 Å². The number of carbonyl (C=O) groups is 2. The number of carbonyl (C=O) groups excluding carboxylic acids is 2. The second-order valence-corrected chi connectivity index (χ2v) is 6.52. The lowest BCUT2D eigenvalue weighted by Crippen LogP contribution is -2.17. The van der Waals surface area contributed by atoms with Crippen LogP contribution in [0.25, 0.3) is 10.2 Å². The van der Waals surface area contributed by atoms with Crippen molar-refractivity contribution in [1.29, 1.82) is 0 Å². The minimum Gasteiger partial charge on any atom is -0.326 e. The fourth-order valence-corrected chi connectivity index (χ4v) is 2.44. The Hall–Kier alpha value is -1.95. The Balaban J connectivity index is 2.20. The molecule has 0 radical (unpaired) electrons. The minimum atomic E-state index is -0.0853. The van der Waals surface area contributed by atoms with Crippen LogP contribution in [0, 0.1) is 11.8 Å². The van der Waals surface area contributed by atoms with E-state index in [0.29, 0.717) is 10.8 Å². The van der Waals surface area contributed by atoms with Gasteiger partial charge in [-0.1, -0.05) is 39.0 Å². The molecule has 6 heteroatoms.